The van der Waals surface area contributed by atoms with E-state index in [1.807, 2.05) is 28.8 Å². The van der Waals surface area contributed by atoms with Gasteiger partial charge in [-0.3, -0.25) is 9.36 Å². The number of amides is 1. The van der Waals surface area contributed by atoms with E-state index in [0.29, 0.717) is 51.1 Å². The molecule has 37 heavy (non-hydrogen) atoms. The molecule has 4 fully saturated rings. The summed E-state index contributed by atoms with van der Waals surface area (Å²) in [4.78, 5) is 13.6. The molecule has 0 aliphatic heterocycles. The number of aromatic nitrogens is 3. The molecule has 194 valence electrons. The SMILES string of the molecule is COc1cccc(CSc2nnc(CNC(=O)C34CC5CC(CC(C5)C3)C4)n2-c2ccc(Cl)cc2Cl)c1. The zero-order valence-corrected chi connectivity index (χ0v) is 23.1. The zero-order chi connectivity index (χ0) is 25.6. The summed E-state index contributed by atoms with van der Waals surface area (Å²) in [6, 6.07) is 13.3. The molecule has 0 spiro atoms. The molecule has 0 atom stereocenters. The Morgan fingerprint density at radius 1 is 1.08 bits per heavy atom. The summed E-state index contributed by atoms with van der Waals surface area (Å²) in [6.45, 7) is 0.298. The minimum Gasteiger partial charge on any atom is -0.497 e. The van der Waals surface area contributed by atoms with E-state index in [1.54, 1.807) is 31.0 Å². The molecule has 0 radical (unpaired) electrons. The minimum atomic E-state index is -0.207. The number of halogens is 2. The fourth-order valence-corrected chi connectivity index (χ4v) is 8.46. The van der Waals surface area contributed by atoms with Crippen LogP contribution in [0, 0.1) is 23.2 Å². The molecular formula is C28H30Cl2N4O2S. The molecule has 4 saturated carbocycles. The smallest absolute Gasteiger partial charge is 0.226 e. The largest absolute Gasteiger partial charge is 0.497 e. The van der Waals surface area contributed by atoms with E-state index < -0.39 is 0 Å². The third kappa shape index (κ3) is 4.98. The second-order valence-electron chi connectivity index (χ2n) is 10.9. The summed E-state index contributed by atoms with van der Waals surface area (Å²) < 4.78 is 7.29. The van der Waals surface area contributed by atoms with Gasteiger partial charge >= 0.3 is 0 Å². The van der Waals surface area contributed by atoms with Crippen LogP contribution >= 0.6 is 35.0 Å². The molecule has 1 amide bonds. The Hall–Kier alpha value is -2.22. The first kappa shape index (κ1) is 25.1. The van der Waals surface area contributed by atoms with Crippen LogP contribution in [-0.2, 0) is 17.1 Å². The van der Waals surface area contributed by atoms with Crippen LogP contribution in [0.5, 0.6) is 5.75 Å². The van der Waals surface area contributed by atoms with Gasteiger partial charge in [-0.25, -0.2) is 0 Å². The van der Waals surface area contributed by atoms with E-state index in [-0.39, 0.29) is 11.3 Å². The number of ether oxygens (including phenoxy) is 1. The lowest BCUT2D eigenvalue weighted by molar-refractivity contribution is -0.146. The molecule has 1 heterocycles. The topological polar surface area (TPSA) is 69.0 Å². The molecule has 0 unspecified atom stereocenters. The van der Waals surface area contributed by atoms with E-state index in [0.717, 1.165) is 36.3 Å². The molecule has 4 aliphatic carbocycles. The number of thioether (sulfide) groups is 1. The van der Waals surface area contributed by atoms with E-state index >= 15 is 0 Å². The maximum atomic E-state index is 13.6. The Labute approximate surface area is 231 Å². The third-order valence-electron chi connectivity index (χ3n) is 8.28. The van der Waals surface area contributed by atoms with Crippen LogP contribution in [0.1, 0.15) is 49.9 Å². The highest BCUT2D eigenvalue weighted by Crippen LogP contribution is 2.60. The van der Waals surface area contributed by atoms with Crippen molar-refractivity contribution in [2.45, 2.75) is 56.0 Å². The second-order valence-corrected chi connectivity index (χ2v) is 12.6. The Morgan fingerprint density at radius 2 is 1.81 bits per heavy atom. The van der Waals surface area contributed by atoms with Gasteiger partial charge in [-0.2, -0.15) is 0 Å². The third-order valence-corrected chi connectivity index (χ3v) is 9.82. The predicted octanol–water partition coefficient (Wildman–Crippen LogP) is 6.71. The first-order chi connectivity index (χ1) is 17.9. The highest BCUT2D eigenvalue weighted by molar-refractivity contribution is 7.98. The number of carbonyl (C=O) groups excluding carboxylic acids is 1. The number of nitrogens with zero attached hydrogens (tertiary/aromatic N) is 3. The molecule has 4 bridgehead atoms. The molecular weight excluding hydrogens is 527 g/mol. The Balaban J connectivity index is 1.24. The lowest BCUT2D eigenvalue weighted by atomic mass is 9.49. The molecule has 3 aromatic rings. The summed E-state index contributed by atoms with van der Waals surface area (Å²) in [5.74, 6) is 4.47. The highest BCUT2D eigenvalue weighted by atomic mass is 35.5. The van der Waals surface area contributed by atoms with Gasteiger partial charge in [-0.15, -0.1) is 10.2 Å². The van der Waals surface area contributed by atoms with Gasteiger partial charge in [0.15, 0.2) is 11.0 Å². The average Bonchev–Trinajstić information content (AvgIpc) is 3.27. The van der Waals surface area contributed by atoms with Gasteiger partial charge in [0.25, 0.3) is 0 Å². The molecule has 0 saturated heterocycles. The van der Waals surface area contributed by atoms with Crippen molar-refractivity contribution in [3.63, 3.8) is 0 Å². The van der Waals surface area contributed by atoms with Crippen molar-refractivity contribution >= 4 is 40.9 Å². The van der Waals surface area contributed by atoms with Crippen molar-refractivity contribution in [3.8, 4) is 11.4 Å². The summed E-state index contributed by atoms with van der Waals surface area (Å²) in [5.41, 5.74) is 1.64. The van der Waals surface area contributed by atoms with Crippen LogP contribution in [0.25, 0.3) is 5.69 Å². The van der Waals surface area contributed by atoms with Gasteiger partial charge in [0.2, 0.25) is 5.91 Å². The maximum Gasteiger partial charge on any atom is 0.226 e. The highest BCUT2D eigenvalue weighted by Gasteiger charge is 2.54. The normalized spacial score (nSPS) is 25.9. The van der Waals surface area contributed by atoms with Crippen LogP contribution in [0.4, 0.5) is 0 Å². The van der Waals surface area contributed by atoms with Gasteiger partial charge in [-0.1, -0.05) is 47.1 Å². The molecule has 4 aliphatic rings. The standard InChI is InChI=1S/C28H30Cl2N4O2S/c1-36-22-4-2-3-17(10-22)16-37-27-33-32-25(34(27)24-6-5-21(29)11-23(24)30)15-31-26(35)28-12-18-7-19(13-28)9-20(8-18)14-28/h2-6,10-11,18-20H,7-9,12-16H2,1H3,(H,31,35). The first-order valence-electron chi connectivity index (χ1n) is 12.9. The maximum absolute atomic E-state index is 13.6. The second kappa shape index (κ2) is 10.2. The number of rotatable bonds is 8. The number of methoxy groups -OCH3 is 1. The molecule has 6 nitrogen and oxygen atoms in total. The van der Waals surface area contributed by atoms with Crippen LogP contribution in [-0.4, -0.2) is 27.8 Å². The molecule has 7 rings (SSSR count). The quantitative estimate of drug-likeness (QED) is 0.312. The van der Waals surface area contributed by atoms with Crippen LogP contribution in [0.15, 0.2) is 47.6 Å². The van der Waals surface area contributed by atoms with Crippen molar-refractivity contribution in [1.29, 1.82) is 0 Å². The van der Waals surface area contributed by atoms with Gasteiger partial charge in [-0.05, 0) is 92.2 Å². The fourth-order valence-electron chi connectivity index (χ4n) is 7.06. The molecule has 1 N–H and O–H groups in total. The first-order valence-corrected chi connectivity index (χ1v) is 14.6. The lowest BCUT2D eigenvalue weighted by Crippen LogP contribution is -2.53. The van der Waals surface area contributed by atoms with E-state index in [2.05, 4.69) is 21.6 Å². The summed E-state index contributed by atoms with van der Waals surface area (Å²) in [6.07, 6.45) is 7.02. The molecule has 1 aromatic heterocycles. The van der Waals surface area contributed by atoms with Gasteiger partial charge in [0.1, 0.15) is 5.75 Å². The minimum absolute atomic E-state index is 0.175. The van der Waals surface area contributed by atoms with Gasteiger partial charge < -0.3 is 10.1 Å². The number of hydrogen-bond donors (Lipinski definition) is 1. The molecule has 2 aromatic carbocycles. The molecule has 9 heteroatoms. The number of carbonyl (C=O) groups is 1. The van der Waals surface area contributed by atoms with Crippen molar-refractivity contribution in [2.24, 2.45) is 23.2 Å². The summed E-state index contributed by atoms with van der Waals surface area (Å²) in [7, 11) is 1.66. The predicted molar refractivity (Wildman–Crippen MR) is 146 cm³/mol. The van der Waals surface area contributed by atoms with Crippen molar-refractivity contribution in [3.05, 3.63) is 63.9 Å². The Morgan fingerprint density at radius 3 is 2.49 bits per heavy atom. The number of hydrogen-bond acceptors (Lipinski definition) is 5. The fraction of sp³-hybridized carbons (Fsp3) is 0.464. The zero-order valence-electron chi connectivity index (χ0n) is 20.8. The summed E-state index contributed by atoms with van der Waals surface area (Å²) >= 11 is 14.4. The number of nitrogens with one attached hydrogen (secondary N) is 1. The Kier molecular flexibility index (Phi) is 6.88. The van der Waals surface area contributed by atoms with Crippen molar-refractivity contribution < 1.29 is 9.53 Å². The average molecular weight is 558 g/mol. The van der Waals surface area contributed by atoms with Crippen LogP contribution in [0.2, 0.25) is 10.0 Å². The van der Waals surface area contributed by atoms with Crippen molar-refractivity contribution in [2.75, 3.05) is 7.11 Å². The monoisotopic (exact) mass is 556 g/mol. The lowest BCUT2D eigenvalue weighted by Gasteiger charge is -2.55. The van der Waals surface area contributed by atoms with Gasteiger partial charge in [0, 0.05) is 16.2 Å². The van der Waals surface area contributed by atoms with E-state index in [9.17, 15) is 4.79 Å². The van der Waals surface area contributed by atoms with E-state index in [1.165, 1.54) is 19.3 Å². The van der Waals surface area contributed by atoms with E-state index in [4.69, 9.17) is 27.9 Å². The summed E-state index contributed by atoms with van der Waals surface area (Å²) in [5, 5.41) is 14.0. The van der Waals surface area contributed by atoms with Crippen LogP contribution in [0.3, 0.4) is 0 Å². The number of benzene rings is 2. The van der Waals surface area contributed by atoms with Crippen LogP contribution < -0.4 is 10.1 Å². The van der Waals surface area contributed by atoms with Crippen molar-refractivity contribution in [1.82, 2.24) is 20.1 Å². The Bertz CT molecular complexity index is 1290. The van der Waals surface area contributed by atoms with Gasteiger partial charge in [0.05, 0.1) is 24.4 Å².